The summed E-state index contributed by atoms with van der Waals surface area (Å²) < 4.78 is 0. The summed E-state index contributed by atoms with van der Waals surface area (Å²) in [4.78, 5) is 12.4. The molecule has 4 N–H and O–H groups in total. The maximum absolute atomic E-state index is 12.4. The van der Waals surface area contributed by atoms with E-state index in [1.165, 1.54) is 18.4 Å². The van der Waals surface area contributed by atoms with Gasteiger partial charge in [0, 0.05) is 18.8 Å². The van der Waals surface area contributed by atoms with Crippen molar-refractivity contribution >= 4 is 5.91 Å². The van der Waals surface area contributed by atoms with E-state index >= 15 is 0 Å². The standard InChI is InChI=1S/C17H29N5O/c1-12-14(13(2)22-21-12)4-3-7-19-16(23)15-10-17(11-20-15)5-8-18-9-6-17/h15,18,20H,3-11H2,1-2H3,(H,19,23)(H,21,22). The first-order valence-corrected chi connectivity index (χ1v) is 8.82. The van der Waals surface area contributed by atoms with Crippen LogP contribution in [0.3, 0.4) is 0 Å². The van der Waals surface area contributed by atoms with Crippen molar-refractivity contribution < 1.29 is 4.79 Å². The lowest BCUT2D eigenvalue weighted by Gasteiger charge is -2.33. The molecule has 0 bridgehead atoms. The highest BCUT2D eigenvalue weighted by atomic mass is 16.2. The first-order chi connectivity index (χ1) is 11.1. The third kappa shape index (κ3) is 3.75. The lowest BCUT2D eigenvalue weighted by atomic mass is 9.77. The number of carbonyl (C=O) groups is 1. The second kappa shape index (κ2) is 7.01. The number of aromatic nitrogens is 2. The van der Waals surface area contributed by atoms with Crippen LogP contribution in [0.2, 0.25) is 0 Å². The topological polar surface area (TPSA) is 81.8 Å². The smallest absolute Gasteiger partial charge is 0.237 e. The summed E-state index contributed by atoms with van der Waals surface area (Å²) in [6, 6.07) is -0.00880. The minimum absolute atomic E-state index is 0.00880. The molecule has 0 saturated carbocycles. The molecule has 1 atom stereocenters. The fourth-order valence-electron chi connectivity index (χ4n) is 3.98. The Labute approximate surface area is 138 Å². The van der Waals surface area contributed by atoms with Crippen molar-refractivity contribution in [2.75, 3.05) is 26.2 Å². The summed E-state index contributed by atoms with van der Waals surface area (Å²) >= 11 is 0. The fraction of sp³-hybridized carbons (Fsp3) is 0.765. The van der Waals surface area contributed by atoms with Crippen LogP contribution in [-0.2, 0) is 11.2 Å². The molecule has 2 aliphatic rings. The third-order valence-corrected chi connectivity index (χ3v) is 5.52. The van der Waals surface area contributed by atoms with Crippen LogP contribution in [0.25, 0.3) is 0 Å². The number of H-pyrrole nitrogens is 1. The van der Waals surface area contributed by atoms with Crippen LogP contribution < -0.4 is 16.0 Å². The molecule has 0 aliphatic carbocycles. The zero-order valence-corrected chi connectivity index (χ0v) is 14.3. The van der Waals surface area contributed by atoms with Gasteiger partial charge in [0.15, 0.2) is 0 Å². The van der Waals surface area contributed by atoms with Gasteiger partial charge in [0.1, 0.15) is 0 Å². The second-order valence-corrected chi connectivity index (χ2v) is 7.19. The van der Waals surface area contributed by atoms with Gasteiger partial charge in [-0.1, -0.05) is 0 Å². The van der Waals surface area contributed by atoms with E-state index in [1.54, 1.807) is 0 Å². The Bertz CT molecular complexity index is 528. The average molecular weight is 319 g/mol. The Morgan fingerprint density at radius 1 is 1.35 bits per heavy atom. The first kappa shape index (κ1) is 16.5. The Kier molecular flexibility index (Phi) is 5.02. The van der Waals surface area contributed by atoms with Gasteiger partial charge in [-0.3, -0.25) is 9.89 Å². The predicted octanol–water partition coefficient (Wildman–Crippen LogP) is 0.807. The molecule has 6 nitrogen and oxygen atoms in total. The highest BCUT2D eigenvalue weighted by Gasteiger charge is 2.41. The fourth-order valence-corrected chi connectivity index (χ4v) is 3.98. The molecule has 6 heteroatoms. The monoisotopic (exact) mass is 319 g/mol. The zero-order valence-electron chi connectivity index (χ0n) is 14.3. The Morgan fingerprint density at radius 2 is 2.13 bits per heavy atom. The molecule has 128 valence electrons. The maximum Gasteiger partial charge on any atom is 0.237 e. The number of nitrogens with one attached hydrogen (secondary N) is 4. The predicted molar refractivity (Wildman–Crippen MR) is 90.3 cm³/mol. The average Bonchev–Trinajstić information content (AvgIpc) is 3.10. The zero-order chi connectivity index (χ0) is 16.3. The number of hydrogen-bond donors (Lipinski definition) is 4. The number of hydrogen-bond acceptors (Lipinski definition) is 4. The number of aryl methyl sites for hydroxylation is 2. The molecule has 23 heavy (non-hydrogen) atoms. The SMILES string of the molecule is Cc1n[nH]c(C)c1CCCNC(=O)C1CC2(CCNCC2)CN1. The van der Waals surface area contributed by atoms with Crippen molar-refractivity contribution in [2.24, 2.45) is 5.41 Å². The minimum Gasteiger partial charge on any atom is -0.355 e. The van der Waals surface area contributed by atoms with Crippen molar-refractivity contribution in [1.29, 1.82) is 0 Å². The van der Waals surface area contributed by atoms with Gasteiger partial charge in [-0.05, 0) is 70.0 Å². The molecule has 2 fully saturated rings. The molecular formula is C17H29N5O. The summed E-state index contributed by atoms with van der Waals surface area (Å²) in [5.41, 5.74) is 3.84. The van der Waals surface area contributed by atoms with Gasteiger partial charge >= 0.3 is 0 Å². The van der Waals surface area contributed by atoms with E-state index in [1.807, 2.05) is 6.92 Å². The number of piperidine rings is 1. The van der Waals surface area contributed by atoms with Crippen molar-refractivity contribution in [3.05, 3.63) is 17.0 Å². The van der Waals surface area contributed by atoms with Crippen LogP contribution in [0.4, 0.5) is 0 Å². The lowest BCUT2D eigenvalue weighted by molar-refractivity contribution is -0.123. The number of amides is 1. The van der Waals surface area contributed by atoms with E-state index in [-0.39, 0.29) is 11.9 Å². The molecular weight excluding hydrogens is 290 g/mol. The molecule has 3 heterocycles. The van der Waals surface area contributed by atoms with E-state index < -0.39 is 0 Å². The highest BCUT2D eigenvalue weighted by molar-refractivity contribution is 5.82. The van der Waals surface area contributed by atoms with Crippen molar-refractivity contribution in [1.82, 2.24) is 26.1 Å². The van der Waals surface area contributed by atoms with E-state index in [9.17, 15) is 4.79 Å². The number of carbonyl (C=O) groups excluding carboxylic acids is 1. The van der Waals surface area contributed by atoms with Gasteiger partial charge in [0.2, 0.25) is 5.91 Å². The normalized spacial score (nSPS) is 23.3. The van der Waals surface area contributed by atoms with Gasteiger partial charge in [-0.25, -0.2) is 0 Å². The summed E-state index contributed by atoms with van der Waals surface area (Å²) in [6.45, 7) is 7.96. The quantitative estimate of drug-likeness (QED) is 0.605. The molecule has 1 spiro atoms. The van der Waals surface area contributed by atoms with Crippen molar-refractivity contribution in [3.63, 3.8) is 0 Å². The number of aromatic amines is 1. The van der Waals surface area contributed by atoms with E-state index in [0.29, 0.717) is 5.41 Å². The van der Waals surface area contributed by atoms with Crippen LogP contribution >= 0.6 is 0 Å². The maximum atomic E-state index is 12.4. The molecule has 1 aromatic rings. The van der Waals surface area contributed by atoms with Gasteiger partial charge in [0.05, 0.1) is 11.7 Å². The molecule has 0 aromatic carbocycles. The molecule has 1 aromatic heterocycles. The van der Waals surface area contributed by atoms with Crippen LogP contribution in [-0.4, -0.2) is 48.3 Å². The molecule has 1 unspecified atom stereocenters. The van der Waals surface area contributed by atoms with Gasteiger partial charge in [-0.2, -0.15) is 5.10 Å². The van der Waals surface area contributed by atoms with E-state index in [4.69, 9.17) is 0 Å². The second-order valence-electron chi connectivity index (χ2n) is 7.19. The van der Waals surface area contributed by atoms with Crippen LogP contribution in [0.15, 0.2) is 0 Å². The number of rotatable bonds is 5. The Hall–Kier alpha value is -1.40. The van der Waals surface area contributed by atoms with E-state index in [2.05, 4.69) is 33.1 Å². The summed E-state index contributed by atoms with van der Waals surface area (Å²) in [5.74, 6) is 0.168. The molecule has 2 saturated heterocycles. The summed E-state index contributed by atoms with van der Waals surface area (Å²) in [5, 5.41) is 17.2. The Balaban J connectivity index is 1.40. The van der Waals surface area contributed by atoms with Crippen molar-refractivity contribution in [3.8, 4) is 0 Å². The summed E-state index contributed by atoms with van der Waals surface area (Å²) in [7, 11) is 0. The van der Waals surface area contributed by atoms with Crippen molar-refractivity contribution in [2.45, 2.75) is 52.0 Å². The third-order valence-electron chi connectivity index (χ3n) is 5.52. The summed E-state index contributed by atoms with van der Waals surface area (Å²) in [6.07, 6.45) is 5.27. The van der Waals surface area contributed by atoms with Crippen LogP contribution in [0.5, 0.6) is 0 Å². The van der Waals surface area contributed by atoms with Gasteiger partial charge in [-0.15, -0.1) is 0 Å². The largest absolute Gasteiger partial charge is 0.355 e. The Morgan fingerprint density at radius 3 is 2.83 bits per heavy atom. The highest BCUT2D eigenvalue weighted by Crippen LogP contribution is 2.37. The van der Waals surface area contributed by atoms with Gasteiger partial charge in [0.25, 0.3) is 0 Å². The minimum atomic E-state index is -0.00880. The lowest BCUT2D eigenvalue weighted by Crippen LogP contribution is -2.40. The molecule has 2 aliphatic heterocycles. The molecule has 0 radical (unpaired) electrons. The van der Waals surface area contributed by atoms with Crippen LogP contribution in [0.1, 0.15) is 42.6 Å². The molecule has 1 amide bonds. The van der Waals surface area contributed by atoms with Gasteiger partial charge < -0.3 is 16.0 Å². The molecule has 3 rings (SSSR count). The number of nitrogens with zero attached hydrogens (tertiary/aromatic N) is 1. The van der Waals surface area contributed by atoms with E-state index in [0.717, 1.165) is 56.8 Å². The van der Waals surface area contributed by atoms with Crippen LogP contribution in [0, 0.1) is 19.3 Å². The first-order valence-electron chi connectivity index (χ1n) is 8.82.